The number of sulfonamides is 1. The van der Waals surface area contributed by atoms with Gasteiger partial charge < -0.3 is 5.32 Å². The van der Waals surface area contributed by atoms with E-state index in [9.17, 15) is 13.2 Å². The molecule has 8 nitrogen and oxygen atoms in total. The van der Waals surface area contributed by atoms with Crippen molar-refractivity contribution in [1.82, 2.24) is 14.8 Å². The Morgan fingerprint density at radius 2 is 2.21 bits per heavy atom. The lowest BCUT2D eigenvalue weighted by Gasteiger charge is -2.06. The molecule has 0 saturated heterocycles. The molecule has 2 aromatic rings. The standard InChI is InChI=1S/C10H11N5O3S/c11-19(17,18)9-3-1-2-8(4-9)14-10(16)5-15-7-12-6-13-15/h1-4,6-7H,5H2,(H,14,16)(H2,11,17,18). The van der Waals surface area contributed by atoms with Crippen LogP contribution in [0.5, 0.6) is 0 Å². The summed E-state index contributed by atoms with van der Waals surface area (Å²) >= 11 is 0. The summed E-state index contributed by atoms with van der Waals surface area (Å²) in [5.41, 5.74) is 0.344. The number of carbonyl (C=O) groups excluding carboxylic acids is 1. The lowest BCUT2D eigenvalue weighted by molar-refractivity contribution is -0.116. The molecule has 3 N–H and O–H groups in total. The molecule has 0 unspecified atom stereocenters. The Balaban J connectivity index is 2.09. The highest BCUT2D eigenvalue weighted by Crippen LogP contribution is 2.13. The zero-order chi connectivity index (χ0) is 13.9. The normalized spacial score (nSPS) is 11.2. The van der Waals surface area contributed by atoms with Crippen molar-refractivity contribution in [2.24, 2.45) is 5.14 Å². The third-order valence-electron chi connectivity index (χ3n) is 2.22. The quantitative estimate of drug-likeness (QED) is 0.787. The number of nitrogens with two attached hydrogens (primary N) is 1. The first-order chi connectivity index (χ1) is 8.95. The van der Waals surface area contributed by atoms with Gasteiger partial charge >= 0.3 is 0 Å². The van der Waals surface area contributed by atoms with Gasteiger partial charge in [-0.15, -0.1) is 0 Å². The van der Waals surface area contributed by atoms with Crippen molar-refractivity contribution >= 4 is 21.6 Å². The second-order valence-electron chi connectivity index (χ2n) is 3.71. The third kappa shape index (κ3) is 3.60. The van der Waals surface area contributed by atoms with Crippen molar-refractivity contribution in [2.45, 2.75) is 11.4 Å². The molecule has 0 fully saturated rings. The van der Waals surface area contributed by atoms with Crippen molar-refractivity contribution < 1.29 is 13.2 Å². The summed E-state index contributed by atoms with van der Waals surface area (Å²) in [6, 6.07) is 5.69. The second-order valence-corrected chi connectivity index (χ2v) is 5.28. The van der Waals surface area contributed by atoms with E-state index in [1.807, 2.05) is 0 Å². The van der Waals surface area contributed by atoms with Crippen LogP contribution < -0.4 is 10.5 Å². The van der Waals surface area contributed by atoms with Crippen LogP contribution in [0.3, 0.4) is 0 Å². The largest absolute Gasteiger partial charge is 0.324 e. The first-order valence-corrected chi connectivity index (χ1v) is 6.75. The average molecular weight is 281 g/mol. The van der Waals surface area contributed by atoms with Crippen molar-refractivity contribution in [3.63, 3.8) is 0 Å². The molecule has 0 spiro atoms. The van der Waals surface area contributed by atoms with Gasteiger partial charge in [-0.3, -0.25) is 4.79 Å². The van der Waals surface area contributed by atoms with Crippen LogP contribution in [0, 0.1) is 0 Å². The van der Waals surface area contributed by atoms with Crippen LogP contribution >= 0.6 is 0 Å². The topological polar surface area (TPSA) is 120 Å². The van der Waals surface area contributed by atoms with E-state index in [1.54, 1.807) is 6.07 Å². The van der Waals surface area contributed by atoms with Crippen molar-refractivity contribution in [2.75, 3.05) is 5.32 Å². The van der Waals surface area contributed by atoms with Gasteiger partial charge in [0, 0.05) is 5.69 Å². The van der Waals surface area contributed by atoms with E-state index in [2.05, 4.69) is 15.4 Å². The molecule has 2 rings (SSSR count). The highest BCUT2D eigenvalue weighted by atomic mass is 32.2. The number of carbonyl (C=O) groups is 1. The van der Waals surface area contributed by atoms with Crippen LogP contribution in [-0.2, 0) is 21.4 Å². The fourth-order valence-corrected chi connectivity index (χ4v) is 1.97. The zero-order valence-corrected chi connectivity index (χ0v) is 10.5. The summed E-state index contributed by atoms with van der Waals surface area (Å²) in [6.45, 7) is -0.0143. The lowest BCUT2D eigenvalue weighted by Crippen LogP contribution is -2.19. The Morgan fingerprint density at radius 3 is 2.84 bits per heavy atom. The lowest BCUT2D eigenvalue weighted by atomic mass is 10.3. The number of hydrogen-bond donors (Lipinski definition) is 2. The highest BCUT2D eigenvalue weighted by molar-refractivity contribution is 7.89. The molecule has 0 radical (unpaired) electrons. The SMILES string of the molecule is NS(=O)(=O)c1cccc(NC(=O)Cn2cncn2)c1. The van der Waals surface area contributed by atoms with Gasteiger partial charge in [-0.25, -0.2) is 23.2 Å². The summed E-state index contributed by atoms with van der Waals surface area (Å²) in [6.07, 6.45) is 2.72. The monoisotopic (exact) mass is 281 g/mol. The van der Waals surface area contributed by atoms with E-state index in [-0.39, 0.29) is 17.3 Å². The summed E-state index contributed by atoms with van der Waals surface area (Å²) < 4.78 is 23.7. The van der Waals surface area contributed by atoms with Gasteiger partial charge in [0.25, 0.3) is 0 Å². The molecule has 0 bridgehead atoms. The van der Waals surface area contributed by atoms with E-state index in [4.69, 9.17) is 5.14 Å². The Hall–Kier alpha value is -2.26. The van der Waals surface area contributed by atoms with Crippen molar-refractivity contribution in [3.05, 3.63) is 36.9 Å². The Morgan fingerprint density at radius 1 is 1.42 bits per heavy atom. The maximum atomic E-state index is 11.7. The molecule has 19 heavy (non-hydrogen) atoms. The first-order valence-electron chi connectivity index (χ1n) is 5.20. The molecule has 1 amide bonds. The number of aromatic nitrogens is 3. The Labute approximate surface area is 109 Å². The second kappa shape index (κ2) is 5.16. The molecule has 1 aromatic carbocycles. The van der Waals surface area contributed by atoms with Crippen LogP contribution in [0.4, 0.5) is 5.69 Å². The predicted octanol–water partition coefficient (Wildman–Crippen LogP) is -0.436. The molecule has 0 aliphatic rings. The fourth-order valence-electron chi connectivity index (χ4n) is 1.41. The zero-order valence-electron chi connectivity index (χ0n) is 9.72. The van der Waals surface area contributed by atoms with Crippen molar-refractivity contribution in [1.29, 1.82) is 0 Å². The Bertz CT molecular complexity index is 681. The van der Waals surface area contributed by atoms with Crippen LogP contribution in [0.1, 0.15) is 0 Å². The van der Waals surface area contributed by atoms with Crippen LogP contribution in [0.25, 0.3) is 0 Å². The van der Waals surface area contributed by atoms with E-state index in [1.165, 1.54) is 35.5 Å². The minimum Gasteiger partial charge on any atom is -0.324 e. The first kappa shape index (κ1) is 13.2. The van der Waals surface area contributed by atoms with Gasteiger partial charge in [0.2, 0.25) is 15.9 Å². The predicted molar refractivity (Wildman–Crippen MR) is 66.5 cm³/mol. The van der Waals surface area contributed by atoms with Gasteiger partial charge in [-0.2, -0.15) is 5.10 Å². The van der Waals surface area contributed by atoms with E-state index in [0.29, 0.717) is 5.69 Å². The van der Waals surface area contributed by atoms with Crippen LogP contribution in [-0.4, -0.2) is 29.1 Å². The van der Waals surface area contributed by atoms with Gasteiger partial charge in [0.1, 0.15) is 19.2 Å². The van der Waals surface area contributed by atoms with Gasteiger partial charge in [-0.05, 0) is 18.2 Å². The van der Waals surface area contributed by atoms with Gasteiger partial charge in [0.05, 0.1) is 4.90 Å². The molecule has 0 saturated carbocycles. The number of nitrogens with one attached hydrogen (secondary N) is 1. The summed E-state index contributed by atoms with van der Waals surface area (Å²) in [4.78, 5) is 15.3. The molecule has 0 aliphatic carbocycles. The average Bonchev–Trinajstić information content (AvgIpc) is 2.80. The van der Waals surface area contributed by atoms with Crippen LogP contribution in [0.2, 0.25) is 0 Å². The molecule has 1 aromatic heterocycles. The third-order valence-corrected chi connectivity index (χ3v) is 3.13. The molecule has 9 heteroatoms. The summed E-state index contributed by atoms with van der Waals surface area (Å²) in [5.74, 6) is -0.350. The number of nitrogens with zero attached hydrogens (tertiary/aromatic N) is 3. The summed E-state index contributed by atoms with van der Waals surface area (Å²) in [5, 5.41) is 11.3. The molecular formula is C10H11N5O3S. The number of benzene rings is 1. The highest BCUT2D eigenvalue weighted by Gasteiger charge is 2.09. The maximum Gasteiger partial charge on any atom is 0.246 e. The van der Waals surface area contributed by atoms with Gasteiger partial charge in [0.15, 0.2) is 0 Å². The molecule has 1 heterocycles. The maximum absolute atomic E-state index is 11.7. The minimum atomic E-state index is -3.79. The van der Waals surface area contributed by atoms with E-state index < -0.39 is 10.0 Å². The number of rotatable bonds is 4. The minimum absolute atomic E-state index is 0.0143. The number of primary sulfonamides is 1. The van der Waals surface area contributed by atoms with Crippen molar-refractivity contribution in [3.8, 4) is 0 Å². The molecule has 0 atom stereocenters. The summed E-state index contributed by atoms with van der Waals surface area (Å²) in [7, 11) is -3.79. The molecule has 100 valence electrons. The number of anilines is 1. The van der Waals surface area contributed by atoms with E-state index >= 15 is 0 Å². The van der Waals surface area contributed by atoms with Gasteiger partial charge in [-0.1, -0.05) is 6.07 Å². The van der Waals surface area contributed by atoms with Crippen LogP contribution in [0.15, 0.2) is 41.8 Å². The Kier molecular flexibility index (Phi) is 3.58. The smallest absolute Gasteiger partial charge is 0.246 e. The van der Waals surface area contributed by atoms with E-state index in [0.717, 1.165) is 0 Å². The molecule has 0 aliphatic heterocycles. The molecular weight excluding hydrogens is 270 g/mol. The number of amides is 1. The fraction of sp³-hybridized carbons (Fsp3) is 0.100. The number of hydrogen-bond acceptors (Lipinski definition) is 5.